The van der Waals surface area contributed by atoms with E-state index in [0.29, 0.717) is 18.1 Å². The van der Waals surface area contributed by atoms with Gasteiger partial charge in [-0.2, -0.15) is 0 Å². The van der Waals surface area contributed by atoms with E-state index >= 15 is 0 Å². The van der Waals surface area contributed by atoms with Gasteiger partial charge in [-0.15, -0.1) is 21.5 Å². The molecule has 7 heteroatoms. The monoisotopic (exact) mass is 341 g/mol. The van der Waals surface area contributed by atoms with Gasteiger partial charge in [0.05, 0.1) is 6.54 Å². The molecule has 0 saturated carbocycles. The average Bonchev–Trinajstić information content (AvgIpc) is 3.24. The summed E-state index contributed by atoms with van der Waals surface area (Å²) in [5.41, 5.74) is 1.56. The Hall–Kier alpha value is -2.54. The Morgan fingerprint density at radius 3 is 2.67 bits per heavy atom. The first-order valence-corrected chi connectivity index (χ1v) is 8.60. The number of aromatic nitrogens is 4. The van der Waals surface area contributed by atoms with Crippen molar-refractivity contribution in [2.45, 2.75) is 33.4 Å². The van der Waals surface area contributed by atoms with Crippen LogP contribution in [0.3, 0.4) is 0 Å². The van der Waals surface area contributed by atoms with E-state index in [-0.39, 0.29) is 11.9 Å². The lowest BCUT2D eigenvalue weighted by atomic mass is 10.2. The highest BCUT2D eigenvalue weighted by molar-refractivity contribution is 7.10. The number of hydrogen-bond acceptors (Lipinski definition) is 5. The van der Waals surface area contributed by atoms with Crippen LogP contribution in [0.2, 0.25) is 0 Å². The molecule has 3 aromatic rings. The molecule has 0 atom stereocenters. The minimum atomic E-state index is -0.109. The van der Waals surface area contributed by atoms with Crippen LogP contribution in [0.15, 0.2) is 42.3 Å². The zero-order chi connectivity index (χ0) is 17.1. The number of carbonyl (C=O) groups excluding carboxylic acids is 1. The number of aryl methyl sites for hydroxylation is 1. The van der Waals surface area contributed by atoms with Gasteiger partial charge in [0, 0.05) is 23.3 Å². The summed E-state index contributed by atoms with van der Waals surface area (Å²) in [5, 5.41) is 10.3. The number of hydrogen-bond donors (Lipinski definition) is 0. The number of rotatable bonds is 5. The Morgan fingerprint density at radius 2 is 2.12 bits per heavy atom. The van der Waals surface area contributed by atoms with Gasteiger partial charge in [-0.3, -0.25) is 9.36 Å². The van der Waals surface area contributed by atoms with Gasteiger partial charge < -0.3 is 4.90 Å². The van der Waals surface area contributed by atoms with E-state index in [2.05, 4.69) is 28.2 Å². The van der Waals surface area contributed by atoms with Gasteiger partial charge in [-0.1, -0.05) is 0 Å². The second-order valence-electron chi connectivity index (χ2n) is 5.80. The first-order chi connectivity index (χ1) is 11.6. The molecule has 0 aliphatic heterocycles. The fourth-order valence-electron chi connectivity index (χ4n) is 2.33. The Morgan fingerprint density at radius 1 is 1.29 bits per heavy atom. The SMILES string of the molecule is Cc1ccsc1CN(C(=O)c1ccc(-n2ccnc2)nn1)C(C)C. The molecule has 3 heterocycles. The van der Waals surface area contributed by atoms with Crippen LogP contribution in [0.1, 0.15) is 34.8 Å². The Balaban J connectivity index is 1.81. The van der Waals surface area contributed by atoms with Crippen LogP contribution in [-0.2, 0) is 6.54 Å². The quantitative estimate of drug-likeness (QED) is 0.715. The zero-order valence-electron chi connectivity index (χ0n) is 13.9. The van der Waals surface area contributed by atoms with Crippen molar-refractivity contribution < 1.29 is 4.79 Å². The van der Waals surface area contributed by atoms with Crippen molar-refractivity contribution in [1.29, 1.82) is 0 Å². The topological polar surface area (TPSA) is 63.9 Å². The third-order valence-electron chi connectivity index (χ3n) is 3.80. The summed E-state index contributed by atoms with van der Waals surface area (Å²) < 4.78 is 1.75. The van der Waals surface area contributed by atoms with Crippen LogP contribution in [0.4, 0.5) is 0 Å². The summed E-state index contributed by atoms with van der Waals surface area (Å²) in [5.74, 6) is 0.525. The fourth-order valence-corrected chi connectivity index (χ4v) is 3.23. The minimum absolute atomic E-state index is 0.0779. The second kappa shape index (κ2) is 6.92. The van der Waals surface area contributed by atoms with E-state index in [1.807, 2.05) is 24.1 Å². The number of nitrogens with zero attached hydrogens (tertiary/aromatic N) is 5. The van der Waals surface area contributed by atoms with Crippen molar-refractivity contribution in [2.75, 3.05) is 0 Å². The van der Waals surface area contributed by atoms with Gasteiger partial charge in [0.25, 0.3) is 5.91 Å². The molecule has 1 amide bonds. The highest BCUT2D eigenvalue weighted by Gasteiger charge is 2.22. The number of thiophene rings is 1. The third kappa shape index (κ3) is 3.35. The molecule has 3 rings (SSSR count). The van der Waals surface area contributed by atoms with Crippen molar-refractivity contribution in [3.8, 4) is 5.82 Å². The van der Waals surface area contributed by atoms with Crippen molar-refractivity contribution in [1.82, 2.24) is 24.6 Å². The minimum Gasteiger partial charge on any atom is -0.330 e. The summed E-state index contributed by atoms with van der Waals surface area (Å²) in [6.45, 7) is 6.67. The molecule has 0 aliphatic rings. The molecule has 6 nitrogen and oxygen atoms in total. The first kappa shape index (κ1) is 16.3. The molecule has 124 valence electrons. The predicted octanol–water partition coefficient (Wildman–Crippen LogP) is 3.08. The summed E-state index contributed by atoms with van der Waals surface area (Å²) in [7, 11) is 0. The van der Waals surface area contributed by atoms with Crippen molar-refractivity contribution in [2.24, 2.45) is 0 Å². The smallest absolute Gasteiger partial charge is 0.274 e. The van der Waals surface area contributed by atoms with Crippen molar-refractivity contribution in [3.05, 3.63) is 58.4 Å². The highest BCUT2D eigenvalue weighted by Crippen LogP contribution is 2.20. The normalized spacial score (nSPS) is 11.0. The summed E-state index contributed by atoms with van der Waals surface area (Å²) >= 11 is 1.67. The van der Waals surface area contributed by atoms with E-state index in [4.69, 9.17) is 0 Å². The second-order valence-corrected chi connectivity index (χ2v) is 6.80. The Labute approximate surface area is 144 Å². The molecule has 0 aliphatic carbocycles. The molecule has 0 spiro atoms. The molecular weight excluding hydrogens is 322 g/mol. The molecule has 0 aromatic carbocycles. The largest absolute Gasteiger partial charge is 0.330 e. The van der Waals surface area contributed by atoms with Crippen molar-refractivity contribution >= 4 is 17.2 Å². The van der Waals surface area contributed by atoms with Crippen LogP contribution in [0.25, 0.3) is 5.82 Å². The van der Waals surface area contributed by atoms with Gasteiger partial charge in [-0.05, 0) is 49.9 Å². The maximum atomic E-state index is 12.8. The fraction of sp³-hybridized carbons (Fsp3) is 0.294. The van der Waals surface area contributed by atoms with Crippen LogP contribution in [-0.4, -0.2) is 36.6 Å². The van der Waals surface area contributed by atoms with Crippen LogP contribution in [0.5, 0.6) is 0 Å². The van der Waals surface area contributed by atoms with Crippen LogP contribution >= 0.6 is 11.3 Å². The number of amides is 1. The van der Waals surface area contributed by atoms with Gasteiger partial charge in [0.15, 0.2) is 11.5 Å². The van der Waals surface area contributed by atoms with Crippen molar-refractivity contribution in [3.63, 3.8) is 0 Å². The Kier molecular flexibility index (Phi) is 4.71. The maximum Gasteiger partial charge on any atom is 0.274 e. The van der Waals surface area contributed by atoms with E-state index < -0.39 is 0 Å². The number of carbonyl (C=O) groups is 1. The third-order valence-corrected chi connectivity index (χ3v) is 4.81. The van der Waals surface area contributed by atoms with Crippen LogP contribution < -0.4 is 0 Å². The summed E-state index contributed by atoms with van der Waals surface area (Å²) in [4.78, 5) is 19.8. The average molecular weight is 341 g/mol. The molecule has 3 aromatic heterocycles. The predicted molar refractivity (Wildman–Crippen MR) is 93.2 cm³/mol. The van der Waals surface area contributed by atoms with Gasteiger partial charge in [0.1, 0.15) is 6.33 Å². The molecule has 0 bridgehead atoms. The molecule has 0 unspecified atom stereocenters. The number of imidazole rings is 1. The van der Waals surface area contributed by atoms with E-state index in [1.54, 1.807) is 46.8 Å². The van der Waals surface area contributed by atoms with Crippen LogP contribution in [0, 0.1) is 6.92 Å². The van der Waals surface area contributed by atoms with E-state index in [1.165, 1.54) is 10.4 Å². The zero-order valence-corrected chi connectivity index (χ0v) is 14.7. The van der Waals surface area contributed by atoms with Gasteiger partial charge in [0.2, 0.25) is 0 Å². The standard InChI is InChI=1S/C17H19N5OS/c1-12(2)22(10-15-13(3)6-9-24-15)17(23)14-4-5-16(20-19-14)21-8-7-18-11-21/h4-9,11-12H,10H2,1-3H3. The van der Waals surface area contributed by atoms with E-state index in [9.17, 15) is 4.79 Å². The molecule has 0 N–H and O–H groups in total. The lowest BCUT2D eigenvalue weighted by Crippen LogP contribution is -2.37. The maximum absolute atomic E-state index is 12.8. The molecule has 24 heavy (non-hydrogen) atoms. The molecule has 0 radical (unpaired) electrons. The van der Waals surface area contributed by atoms with Gasteiger partial charge in [-0.25, -0.2) is 4.98 Å². The first-order valence-electron chi connectivity index (χ1n) is 7.72. The summed E-state index contributed by atoms with van der Waals surface area (Å²) in [6.07, 6.45) is 5.10. The molecule has 0 fully saturated rings. The highest BCUT2D eigenvalue weighted by atomic mass is 32.1. The lowest BCUT2D eigenvalue weighted by molar-refractivity contribution is 0.0685. The van der Waals surface area contributed by atoms with Gasteiger partial charge >= 0.3 is 0 Å². The Bertz CT molecular complexity index is 808. The molecular formula is C17H19N5OS. The van der Waals surface area contributed by atoms with E-state index in [0.717, 1.165) is 0 Å². The summed E-state index contributed by atoms with van der Waals surface area (Å²) in [6, 6.07) is 5.63. The molecule has 0 saturated heterocycles. The lowest BCUT2D eigenvalue weighted by Gasteiger charge is -2.26.